The fourth-order valence-electron chi connectivity index (χ4n) is 2.15. The highest BCUT2D eigenvalue weighted by Gasteiger charge is 2.20. The van der Waals surface area contributed by atoms with Gasteiger partial charge < -0.3 is 5.32 Å². The largest absolute Gasteiger partial charge is 0.314 e. The van der Waals surface area contributed by atoms with Gasteiger partial charge in [0.2, 0.25) is 10.0 Å². The molecule has 0 heterocycles. The van der Waals surface area contributed by atoms with Crippen LogP contribution >= 0.6 is 11.6 Å². The molecule has 0 saturated heterocycles. The lowest BCUT2D eigenvalue weighted by molar-refractivity contribution is 0.464. The quantitative estimate of drug-likeness (QED) is 0.708. The average Bonchev–Trinajstić information content (AvgIpc) is 3.22. The van der Waals surface area contributed by atoms with E-state index in [0.717, 1.165) is 18.5 Å². The molecule has 0 bridgehead atoms. The molecule has 118 valence electrons. The zero-order valence-corrected chi connectivity index (χ0v) is 14.0. The first-order chi connectivity index (χ1) is 9.97. The summed E-state index contributed by atoms with van der Waals surface area (Å²) in [6.45, 7) is 1.28. The smallest absolute Gasteiger partial charge is 0.214 e. The Morgan fingerprint density at radius 3 is 2.76 bits per heavy atom. The minimum Gasteiger partial charge on any atom is -0.314 e. The topological polar surface area (TPSA) is 49.4 Å². The molecule has 0 aromatic heterocycles. The van der Waals surface area contributed by atoms with E-state index in [-0.39, 0.29) is 5.75 Å². The van der Waals surface area contributed by atoms with E-state index in [9.17, 15) is 8.42 Å². The summed E-state index contributed by atoms with van der Waals surface area (Å²) >= 11 is 5.92. The van der Waals surface area contributed by atoms with Gasteiger partial charge in [-0.3, -0.25) is 0 Å². The molecule has 1 aromatic carbocycles. The first-order valence-corrected chi connectivity index (χ1v) is 9.38. The van der Waals surface area contributed by atoms with Gasteiger partial charge in [-0.25, -0.2) is 12.7 Å². The van der Waals surface area contributed by atoms with Crippen molar-refractivity contribution in [1.29, 1.82) is 0 Å². The molecule has 1 aromatic rings. The van der Waals surface area contributed by atoms with Crippen LogP contribution in [0.25, 0.3) is 0 Å². The van der Waals surface area contributed by atoms with Crippen molar-refractivity contribution in [3.05, 3.63) is 34.9 Å². The molecule has 6 heteroatoms. The molecule has 1 saturated carbocycles. The van der Waals surface area contributed by atoms with Crippen molar-refractivity contribution in [3.8, 4) is 0 Å². The van der Waals surface area contributed by atoms with Crippen LogP contribution < -0.4 is 5.32 Å². The van der Waals surface area contributed by atoms with Crippen LogP contribution in [0.5, 0.6) is 0 Å². The van der Waals surface area contributed by atoms with Gasteiger partial charge in [-0.05, 0) is 49.9 Å². The van der Waals surface area contributed by atoms with E-state index >= 15 is 0 Å². The Bertz CT molecular complexity index is 559. The van der Waals surface area contributed by atoms with Gasteiger partial charge in [0.15, 0.2) is 0 Å². The van der Waals surface area contributed by atoms with Crippen molar-refractivity contribution < 1.29 is 8.42 Å². The van der Waals surface area contributed by atoms with Crippen molar-refractivity contribution in [2.45, 2.75) is 38.3 Å². The molecule has 0 radical (unpaired) electrons. The third-order valence-corrected chi connectivity index (χ3v) is 5.73. The van der Waals surface area contributed by atoms with Gasteiger partial charge in [0.1, 0.15) is 0 Å². The second kappa shape index (κ2) is 7.58. The predicted octanol–water partition coefficient (Wildman–Crippen LogP) is 2.63. The van der Waals surface area contributed by atoms with E-state index < -0.39 is 10.0 Å². The number of halogens is 1. The molecule has 1 N–H and O–H groups in total. The lowest BCUT2D eigenvalue weighted by Gasteiger charge is -2.17. The summed E-state index contributed by atoms with van der Waals surface area (Å²) in [5, 5.41) is 4.02. The van der Waals surface area contributed by atoms with Crippen LogP contribution in [-0.2, 0) is 16.6 Å². The SMILES string of the molecule is CN(Cc1cccc(Cl)c1)S(=O)(=O)CCCCNC1CC1. The first kappa shape index (κ1) is 16.7. The molecule has 1 aliphatic carbocycles. The highest BCUT2D eigenvalue weighted by atomic mass is 35.5. The monoisotopic (exact) mass is 330 g/mol. The van der Waals surface area contributed by atoms with E-state index in [4.69, 9.17) is 11.6 Å². The molecule has 0 spiro atoms. The van der Waals surface area contributed by atoms with Crippen molar-refractivity contribution in [2.24, 2.45) is 0 Å². The molecular formula is C15H23ClN2O2S. The number of rotatable bonds is 9. The van der Waals surface area contributed by atoms with Gasteiger partial charge in [0.25, 0.3) is 0 Å². The van der Waals surface area contributed by atoms with Crippen LogP contribution in [0.4, 0.5) is 0 Å². The zero-order chi connectivity index (χ0) is 15.3. The number of nitrogens with one attached hydrogen (secondary N) is 1. The number of hydrogen-bond acceptors (Lipinski definition) is 3. The summed E-state index contributed by atoms with van der Waals surface area (Å²) in [5.41, 5.74) is 0.906. The lowest BCUT2D eigenvalue weighted by Crippen LogP contribution is -2.29. The molecule has 0 aliphatic heterocycles. The van der Waals surface area contributed by atoms with Gasteiger partial charge in [-0.2, -0.15) is 0 Å². The minimum atomic E-state index is -3.19. The standard InChI is InChI=1S/C15H23ClN2O2S/c1-18(12-13-5-4-6-14(16)11-13)21(19,20)10-3-2-9-17-15-7-8-15/h4-6,11,15,17H,2-3,7-10,12H2,1H3. The first-order valence-electron chi connectivity index (χ1n) is 7.39. The second-order valence-corrected chi connectivity index (χ2v) is 8.27. The van der Waals surface area contributed by atoms with Gasteiger partial charge in [-0.1, -0.05) is 23.7 Å². The fourth-order valence-corrected chi connectivity index (χ4v) is 3.59. The van der Waals surface area contributed by atoms with Crippen LogP contribution in [-0.4, -0.2) is 38.1 Å². The van der Waals surface area contributed by atoms with E-state index in [2.05, 4.69) is 5.32 Å². The number of unbranched alkanes of at least 4 members (excludes halogenated alkanes) is 1. The molecule has 0 atom stereocenters. The highest BCUT2D eigenvalue weighted by Crippen LogP contribution is 2.18. The lowest BCUT2D eigenvalue weighted by atomic mass is 10.2. The van der Waals surface area contributed by atoms with Crippen LogP contribution in [0.1, 0.15) is 31.2 Å². The zero-order valence-electron chi connectivity index (χ0n) is 12.4. The van der Waals surface area contributed by atoms with E-state index in [1.807, 2.05) is 12.1 Å². The predicted molar refractivity (Wildman–Crippen MR) is 87.0 cm³/mol. The van der Waals surface area contributed by atoms with Crippen LogP contribution in [0.3, 0.4) is 0 Å². The van der Waals surface area contributed by atoms with Crippen molar-refractivity contribution in [3.63, 3.8) is 0 Å². The molecular weight excluding hydrogens is 308 g/mol. The Labute approximate surface area is 132 Å². The summed E-state index contributed by atoms with van der Waals surface area (Å²) in [6.07, 6.45) is 4.13. The Morgan fingerprint density at radius 2 is 2.10 bits per heavy atom. The normalized spacial score (nSPS) is 15.6. The second-order valence-electron chi connectivity index (χ2n) is 5.64. The van der Waals surface area contributed by atoms with E-state index in [1.54, 1.807) is 19.2 Å². The Morgan fingerprint density at radius 1 is 1.33 bits per heavy atom. The Hall–Kier alpha value is -0.620. The summed E-state index contributed by atoms with van der Waals surface area (Å²) in [7, 11) is -1.57. The molecule has 1 aliphatic rings. The maximum atomic E-state index is 12.2. The summed E-state index contributed by atoms with van der Waals surface area (Å²) in [6, 6.07) is 7.99. The maximum Gasteiger partial charge on any atom is 0.214 e. The van der Waals surface area contributed by atoms with Gasteiger partial charge in [0, 0.05) is 24.7 Å². The molecule has 0 unspecified atom stereocenters. The summed E-state index contributed by atoms with van der Waals surface area (Å²) in [4.78, 5) is 0. The van der Waals surface area contributed by atoms with Crippen molar-refractivity contribution in [1.82, 2.24) is 9.62 Å². The van der Waals surface area contributed by atoms with Gasteiger partial charge >= 0.3 is 0 Å². The molecule has 0 amide bonds. The van der Waals surface area contributed by atoms with Crippen LogP contribution in [0, 0.1) is 0 Å². The fraction of sp³-hybridized carbons (Fsp3) is 0.600. The third kappa shape index (κ3) is 5.94. The molecule has 21 heavy (non-hydrogen) atoms. The summed E-state index contributed by atoms with van der Waals surface area (Å²) in [5.74, 6) is 0.205. The average molecular weight is 331 g/mol. The van der Waals surface area contributed by atoms with Crippen molar-refractivity contribution >= 4 is 21.6 Å². The third-order valence-electron chi connectivity index (χ3n) is 3.61. The Balaban J connectivity index is 1.74. The number of sulfonamides is 1. The number of hydrogen-bond donors (Lipinski definition) is 1. The van der Waals surface area contributed by atoms with E-state index in [1.165, 1.54) is 17.1 Å². The summed E-state index contributed by atoms with van der Waals surface area (Å²) < 4.78 is 25.8. The molecule has 1 fully saturated rings. The Kier molecular flexibility index (Phi) is 6.05. The van der Waals surface area contributed by atoms with Crippen molar-refractivity contribution in [2.75, 3.05) is 19.3 Å². The van der Waals surface area contributed by atoms with Gasteiger partial charge in [-0.15, -0.1) is 0 Å². The van der Waals surface area contributed by atoms with Gasteiger partial charge in [0.05, 0.1) is 5.75 Å². The highest BCUT2D eigenvalue weighted by molar-refractivity contribution is 7.89. The van der Waals surface area contributed by atoms with Crippen LogP contribution in [0.2, 0.25) is 5.02 Å². The number of benzene rings is 1. The van der Waals surface area contributed by atoms with E-state index in [0.29, 0.717) is 24.0 Å². The molecule has 4 nitrogen and oxygen atoms in total. The minimum absolute atomic E-state index is 0.205. The maximum absolute atomic E-state index is 12.2. The molecule has 2 rings (SSSR count). The van der Waals surface area contributed by atoms with Crippen LogP contribution in [0.15, 0.2) is 24.3 Å². The number of nitrogens with zero attached hydrogens (tertiary/aromatic N) is 1.